The molecule has 1 atom stereocenters. The lowest BCUT2D eigenvalue weighted by molar-refractivity contribution is 0.241. The number of para-hydroxylation sites is 1. The molecule has 1 aromatic heterocycles. The van der Waals surface area contributed by atoms with Gasteiger partial charge in [0.15, 0.2) is 0 Å². The Labute approximate surface area is 120 Å². The van der Waals surface area contributed by atoms with Gasteiger partial charge in [-0.3, -0.25) is 0 Å². The third kappa shape index (κ3) is 2.48. The van der Waals surface area contributed by atoms with Crippen molar-refractivity contribution in [2.75, 3.05) is 13.2 Å². The number of hydrogen-bond donors (Lipinski definition) is 2. The molecule has 1 aliphatic rings. The Morgan fingerprint density at radius 2 is 2.10 bits per heavy atom. The van der Waals surface area contributed by atoms with Gasteiger partial charge in [0.2, 0.25) is 0 Å². The second-order valence-corrected chi connectivity index (χ2v) is 6.16. The highest BCUT2D eigenvalue weighted by molar-refractivity contribution is 5.82. The molecule has 1 aromatic carbocycles. The Morgan fingerprint density at radius 3 is 2.75 bits per heavy atom. The van der Waals surface area contributed by atoms with Gasteiger partial charge in [-0.15, -0.1) is 0 Å². The number of aliphatic hydroxyl groups excluding tert-OH is 1. The predicted octanol–water partition coefficient (Wildman–Crippen LogP) is 3.55. The van der Waals surface area contributed by atoms with Gasteiger partial charge < -0.3 is 14.8 Å². The van der Waals surface area contributed by atoms with E-state index < -0.39 is 0 Å². The van der Waals surface area contributed by atoms with E-state index in [-0.39, 0.29) is 6.04 Å². The summed E-state index contributed by atoms with van der Waals surface area (Å²) in [6, 6.07) is 8.39. The van der Waals surface area contributed by atoms with E-state index in [1.165, 1.54) is 23.8 Å². The Hall–Kier alpha value is -1.32. The Kier molecular flexibility index (Phi) is 3.57. The van der Waals surface area contributed by atoms with Gasteiger partial charge in [-0.05, 0) is 50.2 Å². The summed E-state index contributed by atoms with van der Waals surface area (Å²) < 4.78 is 5.99. The topological polar surface area (TPSA) is 45.4 Å². The number of furan rings is 1. The molecule has 3 nitrogen and oxygen atoms in total. The number of aliphatic hydroxyl groups is 1. The fraction of sp³-hybridized carbons (Fsp3) is 0.529. The summed E-state index contributed by atoms with van der Waals surface area (Å²) in [6.07, 6.45) is 3.37. The highest BCUT2D eigenvalue weighted by atomic mass is 16.3. The fourth-order valence-corrected chi connectivity index (χ4v) is 3.00. The van der Waals surface area contributed by atoms with E-state index in [0.717, 1.165) is 24.3 Å². The van der Waals surface area contributed by atoms with Gasteiger partial charge >= 0.3 is 0 Å². The molecule has 0 aliphatic heterocycles. The molecule has 1 saturated carbocycles. The lowest BCUT2D eigenvalue weighted by atomic mass is 10.0. The van der Waals surface area contributed by atoms with E-state index in [2.05, 4.69) is 25.2 Å². The van der Waals surface area contributed by atoms with Crippen LogP contribution >= 0.6 is 0 Å². The molecule has 108 valence electrons. The average molecular weight is 273 g/mol. The molecule has 1 unspecified atom stereocenters. The van der Waals surface area contributed by atoms with Crippen LogP contribution in [0.3, 0.4) is 0 Å². The van der Waals surface area contributed by atoms with Gasteiger partial charge in [0.25, 0.3) is 0 Å². The maximum Gasteiger partial charge on any atom is 0.134 e. The molecule has 0 saturated heterocycles. The number of hydrogen-bond acceptors (Lipinski definition) is 3. The van der Waals surface area contributed by atoms with Crippen molar-refractivity contribution in [2.45, 2.75) is 39.2 Å². The minimum absolute atomic E-state index is 0.207. The van der Waals surface area contributed by atoms with Gasteiger partial charge in [-0.2, -0.15) is 0 Å². The first kappa shape index (κ1) is 13.7. The molecule has 1 fully saturated rings. The maximum atomic E-state index is 9.12. The van der Waals surface area contributed by atoms with Crippen LogP contribution in [-0.2, 0) is 0 Å². The summed E-state index contributed by atoms with van der Waals surface area (Å²) in [7, 11) is 0. The van der Waals surface area contributed by atoms with Crippen LogP contribution in [0, 0.1) is 12.3 Å². The molecular weight excluding hydrogens is 250 g/mol. The average Bonchev–Trinajstić information content (AvgIpc) is 3.14. The highest BCUT2D eigenvalue weighted by Crippen LogP contribution is 2.48. The molecule has 0 spiro atoms. The monoisotopic (exact) mass is 273 g/mol. The van der Waals surface area contributed by atoms with Crippen molar-refractivity contribution in [3.63, 3.8) is 0 Å². The summed E-state index contributed by atoms with van der Waals surface area (Å²) in [5.74, 6) is 1.03. The van der Waals surface area contributed by atoms with Gasteiger partial charge in [0.05, 0.1) is 6.04 Å². The minimum atomic E-state index is 0.207. The van der Waals surface area contributed by atoms with E-state index in [0.29, 0.717) is 12.0 Å². The van der Waals surface area contributed by atoms with Crippen molar-refractivity contribution in [2.24, 2.45) is 5.41 Å². The molecular formula is C17H23NO2. The molecule has 2 N–H and O–H groups in total. The Morgan fingerprint density at radius 1 is 1.35 bits per heavy atom. The van der Waals surface area contributed by atoms with Crippen LogP contribution in [-0.4, -0.2) is 18.3 Å². The summed E-state index contributed by atoms with van der Waals surface area (Å²) in [5.41, 5.74) is 2.53. The van der Waals surface area contributed by atoms with Gasteiger partial charge in [-0.1, -0.05) is 18.2 Å². The minimum Gasteiger partial charge on any atom is -0.459 e. The van der Waals surface area contributed by atoms with Gasteiger partial charge in [0, 0.05) is 18.5 Å². The second kappa shape index (κ2) is 5.23. The zero-order valence-electron chi connectivity index (χ0n) is 12.3. The molecule has 0 amide bonds. The van der Waals surface area contributed by atoms with Crippen molar-refractivity contribution >= 4 is 11.0 Å². The second-order valence-electron chi connectivity index (χ2n) is 6.16. The number of benzene rings is 1. The molecule has 1 heterocycles. The smallest absolute Gasteiger partial charge is 0.134 e. The SMILES string of the molecule is Cc1c(C(C)NCC2(CCO)CC2)oc2ccccc12. The molecule has 0 radical (unpaired) electrons. The van der Waals surface area contributed by atoms with Crippen LogP contribution < -0.4 is 5.32 Å². The summed E-state index contributed by atoms with van der Waals surface area (Å²) >= 11 is 0. The molecule has 20 heavy (non-hydrogen) atoms. The van der Waals surface area contributed by atoms with Gasteiger partial charge in [-0.25, -0.2) is 0 Å². The van der Waals surface area contributed by atoms with Crippen molar-refractivity contribution in [3.05, 3.63) is 35.6 Å². The first-order valence-corrected chi connectivity index (χ1v) is 7.47. The number of rotatable bonds is 6. The lowest BCUT2D eigenvalue weighted by Gasteiger charge is -2.18. The molecule has 0 bridgehead atoms. The number of aryl methyl sites for hydroxylation is 1. The summed E-state index contributed by atoms with van der Waals surface area (Å²) in [6.45, 7) is 5.53. The molecule has 2 aromatic rings. The quantitative estimate of drug-likeness (QED) is 0.846. The van der Waals surface area contributed by atoms with Crippen LogP contribution in [0.25, 0.3) is 11.0 Å². The van der Waals surface area contributed by atoms with E-state index in [1.807, 2.05) is 18.2 Å². The first-order chi connectivity index (χ1) is 9.65. The number of fused-ring (bicyclic) bond motifs is 1. The lowest BCUT2D eigenvalue weighted by Crippen LogP contribution is -2.27. The maximum absolute atomic E-state index is 9.12. The molecule has 3 rings (SSSR count). The zero-order chi connectivity index (χ0) is 14.2. The van der Waals surface area contributed by atoms with E-state index in [1.54, 1.807) is 0 Å². The third-order valence-electron chi connectivity index (χ3n) is 4.66. The first-order valence-electron chi connectivity index (χ1n) is 7.47. The van der Waals surface area contributed by atoms with Gasteiger partial charge in [0.1, 0.15) is 11.3 Å². The summed E-state index contributed by atoms with van der Waals surface area (Å²) in [4.78, 5) is 0. The van der Waals surface area contributed by atoms with E-state index in [4.69, 9.17) is 9.52 Å². The fourth-order valence-electron chi connectivity index (χ4n) is 3.00. The molecule has 1 aliphatic carbocycles. The Balaban J connectivity index is 1.72. The largest absolute Gasteiger partial charge is 0.459 e. The van der Waals surface area contributed by atoms with Crippen LogP contribution in [0.15, 0.2) is 28.7 Å². The van der Waals surface area contributed by atoms with E-state index >= 15 is 0 Å². The third-order valence-corrected chi connectivity index (χ3v) is 4.66. The van der Waals surface area contributed by atoms with Crippen molar-refractivity contribution in [1.29, 1.82) is 0 Å². The summed E-state index contributed by atoms with van der Waals surface area (Å²) in [5, 5.41) is 13.9. The highest BCUT2D eigenvalue weighted by Gasteiger charge is 2.41. The van der Waals surface area contributed by atoms with Crippen LogP contribution in [0.5, 0.6) is 0 Å². The van der Waals surface area contributed by atoms with Crippen LogP contribution in [0.2, 0.25) is 0 Å². The van der Waals surface area contributed by atoms with Crippen molar-refractivity contribution in [1.82, 2.24) is 5.32 Å². The van der Waals surface area contributed by atoms with Crippen molar-refractivity contribution < 1.29 is 9.52 Å². The standard InChI is InChI=1S/C17H23NO2/c1-12-14-5-3-4-6-15(14)20-16(12)13(2)18-11-17(7-8-17)9-10-19/h3-6,13,18-19H,7-11H2,1-2H3. The van der Waals surface area contributed by atoms with Crippen LogP contribution in [0.1, 0.15) is 43.6 Å². The molecule has 3 heteroatoms. The van der Waals surface area contributed by atoms with Crippen LogP contribution in [0.4, 0.5) is 0 Å². The predicted molar refractivity (Wildman–Crippen MR) is 80.7 cm³/mol. The van der Waals surface area contributed by atoms with Crippen molar-refractivity contribution in [3.8, 4) is 0 Å². The number of nitrogens with one attached hydrogen (secondary N) is 1. The van der Waals surface area contributed by atoms with E-state index in [9.17, 15) is 0 Å². The Bertz CT molecular complexity index is 598. The normalized spacial score (nSPS) is 18.4. The zero-order valence-corrected chi connectivity index (χ0v) is 12.3.